The Morgan fingerprint density at radius 1 is 1.30 bits per heavy atom. The molecule has 23 heavy (non-hydrogen) atoms. The van der Waals surface area contributed by atoms with Crippen molar-refractivity contribution in [1.29, 1.82) is 0 Å². The monoisotopic (exact) mass is 337 g/mol. The minimum absolute atomic E-state index is 0. The number of hydrogen-bond acceptors (Lipinski definition) is 2. The number of nitrogens with zero attached hydrogens (tertiary/aromatic N) is 1. The molecular weight excluding hydrogens is 317 g/mol. The lowest BCUT2D eigenvalue weighted by molar-refractivity contribution is 0.0774. The van der Waals surface area contributed by atoms with Crippen LogP contribution in [-0.2, 0) is 0 Å². The fourth-order valence-electron chi connectivity index (χ4n) is 4.13. The van der Waals surface area contributed by atoms with Gasteiger partial charge in [-0.3, -0.25) is 4.79 Å². The molecule has 0 spiro atoms. The number of likely N-dealkylation sites (tertiary alicyclic amines) is 1. The second kappa shape index (κ2) is 5.80. The van der Waals surface area contributed by atoms with E-state index in [4.69, 9.17) is 5.73 Å². The number of carbonyl (C=O) groups is 1. The number of rotatable bonds is 1. The fourth-order valence-corrected chi connectivity index (χ4v) is 4.13. The molecule has 1 aromatic carbocycles. The molecule has 1 amide bonds. The molecule has 2 aromatic rings. The predicted octanol–water partition coefficient (Wildman–Crippen LogP) is 2.85. The number of carbonyl (C=O) groups excluding carboxylic acids is 1. The molecule has 0 radical (unpaired) electrons. The second-order valence-corrected chi connectivity index (χ2v) is 6.74. The van der Waals surface area contributed by atoms with Crippen LogP contribution in [-0.4, -0.2) is 34.9 Å². The summed E-state index contributed by atoms with van der Waals surface area (Å²) >= 11 is 0. The van der Waals surface area contributed by atoms with Crippen molar-refractivity contribution < 1.29 is 9.18 Å². The summed E-state index contributed by atoms with van der Waals surface area (Å²) in [6, 6.07) is 4.99. The van der Waals surface area contributed by atoms with E-state index in [1.54, 1.807) is 0 Å². The van der Waals surface area contributed by atoms with Gasteiger partial charge in [0.15, 0.2) is 0 Å². The van der Waals surface area contributed by atoms with Crippen molar-refractivity contribution >= 4 is 29.2 Å². The number of nitrogens with two attached hydrogens (primary N) is 1. The van der Waals surface area contributed by atoms with Crippen LogP contribution in [0.5, 0.6) is 0 Å². The van der Waals surface area contributed by atoms with Gasteiger partial charge in [-0.15, -0.1) is 12.4 Å². The first-order valence-corrected chi connectivity index (χ1v) is 7.86. The van der Waals surface area contributed by atoms with Crippen molar-refractivity contribution in [1.82, 2.24) is 9.88 Å². The molecule has 3 unspecified atom stereocenters. The Labute approximate surface area is 140 Å². The van der Waals surface area contributed by atoms with Gasteiger partial charge in [-0.1, -0.05) is 0 Å². The maximum atomic E-state index is 13.5. The van der Waals surface area contributed by atoms with Crippen molar-refractivity contribution in [2.24, 2.45) is 17.6 Å². The summed E-state index contributed by atoms with van der Waals surface area (Å²) in [4.78, 5) is 17.7. The molecule has 0 bridgehead atoms. The number of amides is 1. The average molecular weight is 338 g/mol. The number of halogens is 2. The summed E-state index contributed by atoms with van der Waals surface area (Å²) in [5.74, 6) is 0.695. The van der Waals surface area contributed by atoms with Gasteiger partial charge in [0.1, 0.15) is 11.5 Å². The summed E-state index contributed by atoms with van der Waals surface area (Å²) in [6.45, 7) is 3.39. The molecule has 124 valence electrons. The minimum Gasteiger partial charge on any atom is -0.350 e. The molecule has 2 fully saturated rings. The van der Waals surface area contributed by atoms with E-state index in [-0.39, 0.29) is 30.2 Å². The lowest BCUT2D eigenvalue weighted by atomic mass is 9.98. The van der Waals surface area contributed by atoms with Crippen molar-refractivity contribution in [3.05, 3.63) is 35.3 Å². The Bertz CT molecular complexity index is 760. The van der Waals surface area contributed by atoms with Gasteiger partial charge in [-0.2, -0.15) is 0 Å². The molecule has 1 aliphatic carbocycles. The van der Waals surface area contributed by atoms with Gasteiger partial charge in [0.05, 0.1) is 0 Å². The van der Waals surface area contributed by atoms with Crippen LogP contribution >= 0.6 is 12.4 Å². The number of H-pyrrole nitrogens is 1. The summed E-state index contributed by atoms with van der Waals surface area (Å²) in [5.41, 5.74) is 8.19. The highest BCUT2D eigenvalue weighted by molar-refractivity contribution is 5.99. The van der Waals surface area contributed by atoms with Crippen LogP contribution < -0.4 is 5.73 Å². The second-order valence-electron chi connectivity index (χ2n) is 6.74. The average Bonchev–Trinajstić information content (AvgIpc) is 3.14. The van der Waals surface area contributed by atoms with Crippen molar-refractivity contribution in [3.63, 3.8) is 0 Å². The van der Waals surface area contributed by atoms with Gasteiger partial charge < -0.3 is 15.6 Å². The third-order valence-corrected chi connectivity index (χ3v) is 5.34. The highest BCUT2D eigenvalue weighted by Crippen LogP contribution is 2.37. The van der Waals surface area contributed by atoms with Gasteiger partial charge in [-0.25, -0.2) is 4.39 Å². The predicted molar refractivity (Wildman–Crippen MR) is 90.3 cm³/mol. The van der Waals surface area contributed by atoms with Crippen LogP contribution in [0, 0.1) is 24.6 Å². The van der Waals surface area contributed by atoms with Gasteiger partial charge in [-0.05, 0) is 55.4 Å². The van der Waals surface area contributed by atoms with Crippen molar-refractivity contribution in [2.75, 3.05) is 13.1 Å². The van der Waals surface area contributed by atoms with Crippen LogP contribution in [0.15, 0.2) is 18.2 Å². The molecule has 2 aliphatic rings. The van der Waals surface area contributed by atoms with Gasteiger partial charge in [0.25, 0.3) is 5.91 Å². The molecule has 1 saturated heterocycles. The van der Waals surface area contributed by atoms with Crippen molar-refractivity contribution in [3.8, 4) is 0 Å². The van der Waals surface area contributed by atoms with Crippen LogP contribution in [0.3, 0.4) is 0 Å². The molecule has 4 rings (SSSR count). The normalized spacial score (nSPS) is 26.4. The Morgan fingerprint density at radius 2 is 2.09 bits per heavy atom. The van der Waals surface area contributed by atoms with E-state index in [9.17, 15) is 9.18 Å². The molecule has 4 nitrogen and oxygen atoms in total. The molecule has 1 saturated carbocycles. The van der Waals surface area contributed by atoms with Crippen LogP contribution in [0.2, 0.25) is 0 Å². The molecule has 1 aliphatic heterocycles. The largest absolute Gasteiger partial charge is 0.350 e. The summed E-state index contributed by atoms with van der Waals surface area (Å²) in [6.07, 6.45) is 2.19. The topological polar surface area (TPSA) is 62.1 Å². The van der Waals surface area contributed by atoms with E-state index < -0.39 is 0 Å². The SMILES string of the molecule is Cc1cc(F)cc2[nH]c(C(=O)N3CC4CCC(N)C4C3)cc12.Cl. The van der Waals surface area contributed by atoms with E-state index >= 15 is 0 Å². The van der Waals surface area contributed by atoms with E-state index in [0.29, 0.717) is 23.0 Å². The highest BCUT2D eigenvalue weighted by atomic mass is 35.5. The van der Waals surface area contributed by atoms with Crippen LogP contribution in [0.25, 0.3) is 10.9 Å². The fraction of sp³-hybridized carbons (Fsp3) is 0.471. The third-order valence-electron chi connectivity index (χ3n) is 5.34. The van der Waals surface area contributed by atoms with Gasteiger partial charge >= 0.3 is 0 Å². The first-order chi connectivity index (χ1) is 10.5. The smallest absolute Gasteiger partial charge is 0.270 e. The number of aromatic amines is 1. The lowest BCUT2D eigenvalue weighted by Gasteiger charge is -2.17. The number of benzene rings is 1. The standard InChI is InChI=1S/C17H20FN3O.ClH/c1-9-4-11(18)5-15-12(9)6-16(20-15)17(22)21-7-10-2-3-14(19)13(10)8-21;/h4-6,10,13-14,20H,2-3,7-8,19H2,1H3;1H. The number of nitrogens with one attached hydrogen (secondary N) is 1. The van der Waals surface area contributed by atoms with Gasteiger partial charge in [0.2, 0.25) is 0 Å². The van der Waals surface area contributed by atoms with Gasteiger partial charge in [0, 0.05) is 30.0 Å². The molecule has 2 heterocycles. The molecule has 3 N–H and O–H groups in total. The molecular formula is C17H21ClFN3O. The summed E-state index contributed by atoms with van der Waals surface area (Å²) in [7, 11) is 0. The van der Waals surface area contributed by atoms with Crippen LogP contribution in [0.1, 0.15) is 28.9 Å². The number of fused-ring (bicyclic) bond motifs is 2. The van der Waals surface area contributed by atoms with E-state index in [0.717, 1.165) is 36.9 Å². The number of aromatic nitrogens is 1. The zero-order valence-corrected chi connectivity index (χ0v) is 13.8. The Balaban J connectivity index is 0.00000156. The first-order valence-electron chi connectivity index (χ1n) is 7.86. The zero-order chi connectivity index (χ0) is 15.4. The Morgan fingerprint density at radius 3 is 2.83 bits per heavy atom. The maximum absolute atomic E-state index is 13.5. The summed E-state index contributed by atoms with van der Waals surface area (Å²) < 4.78 is 13.5. The lowest BCUT2D eigenvalue weighted by Crippen LogP contribution is -2.33. The van der Waals surface area contributed by atoms with E-state index in [1.807, 2.05) is 17.9 Å². The quantitative estimate of drug-likeness (QED) is 0.840. The minimum atomic E-state index is -0.285. The van der Waals surface area contributed by atoms with E-state index in [1.165, 1.54) is 12.1 Å². The molecule has 3 atom stereocenters. The third kappa shape index (κ3) is 2.62. The first kappa shape index (κ1) is 16.3. The maximum Gasteiger partial charge on any atom is 0.270 e. The number of aryl methyl sites for hydroxylation is 1. The highest BCUT2D eigenvalue weighted by Gasteiger charge is 2.42. The molecule has 1 aromatic heterocycles. The number of hydrogen-bond donors (Lipinski definition) is 2. The molecule has 6 heteroatoms. The van der Waals surface area contributed by atoms with Crippen molar-refractivity contribution in [2.45, 2.75) is 25.8 Å². The summed E-state index contributed by atoms with van der Waals surface area (Å²) in [5, 5.41) is 0.904. The van der Waals surface area contributed by atoms with E-state index in [2.05, 4.69) is 4.98 Å². The Kier molecular flexibility index (Phi) is 4.10. The zero-order valence-electron chi connectivity index (χ0n) is 13.0. The Hall–Kier alpha value is -1.59. The van der Waals surface area contributed by atoms with Crippen LogP contribution in [0.4, 0.5) is 4.39 Å².